The van der Waals surface area contributed by atoms with Crippen molar-refractivity contribution in [1.29, 1.82) is 0 Å². The number of aromatic nitrogens is 2. The topological polar surface area (TPSA) is 85.2 Å². The Hall–Kier alpha value is -0.940. The van der Waals surface area contributed by atoms with Crippen molar-refractivity contribution < 1.29 is 9.52 Å². The maximum Gasteiger partial charge on any atom is 0.246 e. The van der Waals surface area contributed by atoms with Gasteiger partial charge in [-0.1, -0.05) is 0 Å². The summed E-state index contributed by atoms with van der Waals surface area (Å²) in [6.45, 7) is 0.127. The van der Waals surface area contributed by atoms with Crippen molar-refractivity contribution in [2.24, 2.45) is 23.5 Å². The van der Waals surface area contributed by atoms with E-state index in [0.29, 0.717) is 0 Å². The van der Waals surface area contributed by atoms with Crippen LogP contribution in [0.4, 0.5) is 0 Å². The molecule has 1 atom stereocenters. The summed E-state index contributed by atoms with van der Waals surface area (Å²) in [5, 5.41) is 17.9. The number of hydrogen-bond acceptors (Lipinski definition) is 5. The molecule has 0 radical (unpaired) electrons. The first kappa shape index (κ1) is 11.9. The average Bonchev–Trinajstić information content (AvgIpc) is 2.86. The molecule has 5 nitrogen and oxygen atoms in total. The summed E-state index contributed by atoms with van der Waals surface area (Å²) in [4.78, 5) is 0. The van der Waals surface area contributed by atoms with Gasteiger partial charge < -0.3 is 15.3 Å². The molecular weight excluding hydrogens is 242 g/mol. The van der Waals surface area contributed by atoms with Crippen LogP contribution in [-0.4, -0.2) is 21.8 Å². The number of nitrogens with two attached hydrogens (primary N) is 1. The van der Waals surface area contributed by atoms with Gasteiger partial charge in [-0.05, 0) is 56.3 Å². The van der Waals surface area contributed by atoms with E-state index in [1.807, 2.05) is 0 Å². The monoisotopic (exact) mass is 263 g/mol. The lowest BCUT2D eigenvalue weighted by Crippen LogP contribution is -2.48. The minimum atomic E-state index is -0.824. The molecule has 4 saturated carbocycles. The predicted molar refractivity (Wildman–Crippen MR) is 68.2 cm³/mol. The van der Waals surface area contributed by atoms with Crippen LogP contribution in [0, 0.1) is 17.8 Å². The third-order valence-electron chi connectivity index (χ3n) is 5.44. The van der Waals surface area contributed by atoms with Gasteiger partial charge in [0.15, 0.2) is 0 Å². The minimum Gasteiger partial charge on any atom is -0.422 e. The smallest absolute Gasteiger partial charge is 0.246 e. The van der Waals surface area contributed by atoms with Gasteiger partial charge in [0, 0.05) is 12.0 Å². The summed E-state index contributed by atoms with van der Waals surface area (Å²) in [6.07, 6.45) is 6.94. The molecule has 4 bridgehead atoms. The van der Waals surface area contributed by atoms with E-state index in [1.54, 1.807) is 0 Å². The number of aliphatic hydroxyl groups excluding tert-OH is 1. The molecule has 19 heavy (non-hydrogen) atoms. The van der Waals surface area contributed by atoms with E-state index < -0.39 is 6.10 Å². The Morgan fingerprint density at radius 1 is 1.16 bits per heavy atom. The van der Waals surface area contributed by atoms with Crippen molar-refractivity contribution in [3.8, 4) is 0 Å². The number of nitrogens with zero attached hydrogens (tertiary/aromatic N) is 2. The van der Waals surface area contributed by atoms with Crippen molar-refractivity contribution >= 4 is 0 Å². The second-order valence-electron chi connectivity index (χ2n) is 6.89. The molecule has 1 aromatic heterocycles. The Morgan fingerprint density at radius 2 is 1.74 bits per heavy atom. The molecule has 0 aromatic carbocycles. The van der Waals surface area contributed by atoms with Crippen molar-refractivity contribution in [3.05, 3.63) is 11.8 Å². The van der Waals surface area contributed by atoms with Crippen LogP contribution < -0.4 is 5.73 Å². The van der Waals surface area contributed by atoms with Gasteiger partial charge in [-0.3, -0.25) is 0 Å². The maximum atomic E-state index is 9.70. The highest BCUT2D eigenvalue weighted by Crippen LogP contribution is 2.60. The summed E-state index contributed by atoms with van der Waals surface area (Å²) in [5.41, 5.74) is 5.55. The fourth-order valence-corrected chi connectivity index (χ4v) is 5.06. The molecule has 0 saturated heterocycles. The van der Waals surface area contributed by atoms with E-state index >= 15 is 0 Å². The molecule has 1 unspecified atom stereocenters. The highest BCUT2D eigenvalue weighted by molar-refractivity contribution is 5.15. The van der Waals surface area contributed by atoms with Gasteiger partial charge in [-0.2, -0.15) is 0 Å². The van der Waals surface area contributed by atoms with E-state index in [4.69, 9.17) is 10.2 Å². The molecule has 4 fully saturated rings. The molecule has 1 aromatic rings. The fourth-order valence-electron chi connectivity index (χ4n) is 5.06. The summed E-state index contributed by atoms with van der Waals surface area (Å²) >= 11 is 0. The Bertz CT molecular complexity index is 450. The van der Waals surface area contributed by atoms with Gasteiger partial charge in [0.1, 0.15) is 6.10 Å². The molecule has 0 aliphatic heterocycles. The zero-order valence-corrected chi connectivity index (χ0v) is 11.1. The summed E-state index contributed by atoms with van der Waals surface area (Å²) < 4.78 is 5.77. The van der Waals surface area contributed by atoms with Crippen LogP contribution >= 0.6 is 0 Å². The van der Waals surface area contributed by atoms with Crippen molar-refractivity contribution in [1.82, 2.24) is 10.2 Å². The van der Waals surface area contributed by atoms with Crippen LogP contribution in [0.1, 0.15) is 56.4 Å². The van der Waals surface area contributed by atoms with Crippen LogP contribution in [-0.2, 0) is 5.41 Å². The number of hydrogen-bond donors (Lipinski definition) is 2. The first-order valence-electron chi connectivity index (χ1n) is 7.40. The van der Waals surface area contributed by atoms with E-state index in [9.17, 15) is 5.11 Å². The third kappa shape index (κ3) is 1.75. The molecule has 1 heterocycles. The van der Waals surface area contributed by atoms with Gasteiger partial charge >= 0.3 is 0 Å². The van der Waals surface area contributed by atoms with Crippen LogP contribution in [0.3, 0.4) is 0 Å². The van der Waals surface area contributed by atoms with Gasteiger partial charge in [-0.15, -0.1) is 10.2 Å². The average molecular weight is 263 g/mol. The van der Waals surface area contributed by atoms with E-state index in [0.717, 1.165) is 23.6 Å². The number of aliphatic hydroxyl groups is 1. The summed E-state index contributed by atoms with van der Waals surface area (Å²) in [6, 6.07) is 0. The Balaban J connectivity index is 1.66. The quantitative estimate of drug-likeness (QED) is 0.863. The highest BCUT2D eigenvalue weighted by atomic mass is 16.4. The SMILES string of the molecule is NCC(O)c1nnc(C23CC4CC(CC(C4)C2)C3)o1. The summed E-state index contributed by atoms with van der Waals surface area (Å²) in [7, 11) is 0. The standard InChI is InChI=1S/C14H21N3O2/c15-7-11(18)12-16-17-13(19-12)14-4-8-1-9(5-14)3-10(2-8)6-14/h8-11,18H,1-7,15H2. The zero-order chi connectivity index (χ0) is 13.0. The fraction of sp³-hybridized carbons (Fsp3) is 0.857. The predicted octanol–water partition coefficient (Wildman–Crippen LogP) is 1.53. The maximum absolute atomic E-state index is 9.70. The molecule has 4 aliphatic carbocycles. The van der Waals surface area contributed by atoms with Crippen LogP contribution in [0.5, 0.6) is 0 Å². The van der Waals surface area contributed by atoms with Gasteiger partial charge in [0.25, 0.3) is 0 Å². The number of rotatable bonds is 3. The van der Waals surface area contributed by atoms with E-state index in [-0.39, 0.29) is 17.9 Å². The van der Waals surface area contributed by atoms with Crippen LogP contribution in [0.2, 0.25) is 0 Å². The summed E-state index contributed by atoms with van der Waals surface area (Å²) in [5.74, 6) is 3.59. The van der Waals surface area contributed by atoms with Crippen LogP contribution in [0.15, 0.2) is 4.42 Å². The van der Waals surface area contributed by atoms with E-state index in [2.05, 4.69) is 10.2 Å². The highest BCUT2D eigenvalue weighted by Gasteiger charge is 2.54. The molecule has 4 aliphatic rings. The Morgan fingerprint density at radius 3 is 2.26 bits per heavy atom. The second-order valence-corrected chi connectivity index (χ2v) is 6.89. The van der Waals surface area contributed by atoms with E-state index in [1.165, 1.54) is 38.5 Å². The molecule has 5 heteroatoms. The molecular formula is C14H21N3O2. The molecule has 0 amide bonds. The molecule has 3 N–H and O–H groups in total. The first-order chi connectivity index (χ1) is 9.18. The van der Waals surface area contributed by atoms with Gasteiger partial charge in [0.05, 0.1) is 0 Å². The second kappa shape index (κ2) is 4.03. The van der Waals surface area contributed by atoms with Gasteiger partial charge in [0.2, 0.25) is 11.8 Å². The minimum absolute atomic E-state index is 0.105. The molecule has 5 rings (SSSR count). The largest absolute Gasteiger partial charge is 0.422 e. The lowest BCUT2D eigenvalue weighted by atomic mass is 9.49. The van der Waals surface area contributed by atoms with Crippen molar-refractivity contribution in [2.45, 2.75) is 50.0 Å². The first-order valence-corrected chi connectivity index (χ1v) is 7.40. The Kier molecular flexibility index (Phi) is 2.51. The molecule has 0 spiro atoms. The van der Waals surface area contributed by atoms with Crippen molar-refractivity contribution in [3.63, 3.8) is 0 Å². The van der Waals surface area contributed by atoms with Crippen LogP contribution in [0.25, 0.3) is 0 Å². The third-order valence-corrected chi connectivity index (χ3v) is 5.44. The lowest BCUT2D eigenvalue weighted by Gasteiger charge is -2.55. The Labute approximate surface area is 112 Å². The lowest BCUT2D eigenvalue weighted by molar-refractivity contribution is -0.0191. The molecule has 104 valence electrons. The normalized spacial score (nSPS) is 41.7. The van der Waals surface area contributed by atoms with Crippen molar-refractivity contribution in [2.75, 3.05) is 6.54 Å². The zero-order valence-electron chi connectivity index (χ0n) is 11.1. The van der Waals surface area contributed by atoms with Gasteiger partial charge in [-0.25, -0.2) is 0 Å².